The number of unbranched alkanes of at least 4 members (excludes halogenated alkanes) is 1. The maximum absolute atomic E-state index is 12.2. The summed E-state index contributed by atoms with van der Waals surface area (Å²) in [6.45, 7) is 7.30. The van der Waals surface area contributed by atoms with Gasteiger partial charge in [-0.1, -0.05) is 27.2 Å². The molecule has 1 rings (SSSR count). The molecule has 1 fully saturated rings. The van der Waals surface area contributed by atoms with Gasteiger partial charge in [-0.2, -0.15) is 0 Å². The summed E-state index contributed by atoms with van der Waals surface area (Å²) < 4.78 is 17.0. The first-order valence-electron chi connectivity index (χ1n) is 6.15. The molecule has 0 spiro atoms. The SMILES string of the molecule is CC(C)CC1(CF)CC1.CCCCOC. The van der Waals surface area contributed by atoms with Crippen molar-refractivity contribution in [3.63, 3.8) is 0 Å². The van der Waals surface area contributed by atoms with Crippen molar-refractivity contribution < 1.29 is 9.13 Å². The monoisotopic (exact) mass is 218 g/mol. The second-order valence-electron chi connectivity index (χ2n) is 5.08. The number of hydrogen-bond donors (Lipinski definition) is 0. The number of methoxy groups -OCH3 is 1. The molecule has 0 aromatic rings. The van der Waals surface area contributed by atoms with E-state index in [1.807, 2.05) is 0 Å². The van der Waals surface area contributed by atoms with E-state index in [1.165, 1.54) is 12.8 Å². The second-order valence-corrected chi connectivity index (χ2v) is 5.08. The van der Waals surface area contributed by atoms with E-state index < -0.39 is 0 Å². The summed E-state index contributed by atoms with van der Waals surface area (Å²) in [5.41, 5.74) is 0.147. The number of halogens is 1. The molecule has 0 aliphatic heterocycles. The largest absolute Gasteiger partial charge is 0.385 e. The standard InChI is InChI=1S/C8H15F.C5H12O/c1-7(2)5-8(6-9)3-4-8;1-3-4-5-6-2/h7H,3-6H2,1-2H3;3-5H2,1-2H3. The minimum atomic E-state index is -0.0921. The molecule has 0 aromatic carbocycles. The fraction of sp³-hybridized carbons (Fsp3) is 1.00. The Labute approximate surface area is 94.4 Å². The van der Waals surface area contributed by atoms with Crippen LogP contribution in [0.1, 0.15) is 52.9 Å². The minimum Gasteiger partial charge on any atom is -0.385 e. The third-order valence-corrected chi connectivity index (χ3v) is 2.78. The van der Waals surface area contributed by atoms with E-state index in [1.54, 1.807) is 7.11 Å². The van der Waals surface area contributed by atoms with E-state index in [0.29, 0.717) is 5.92 Å². The van der Waals surface area contributed by atoms with Gasteiger partial charge in [-0.25, -0.2) is 0 Å². The molecule has 0 amide bonds. The normalized spacial score (nSPS) is 17.2. The summed E-state index contributed by atoms with van der Waals surface area (Å²) in [6, 6.07) is 0. The predicted octanol–water partition coefficient (Wildman–Crippen LogP) is 4.22. The van der Waals surface area contributed by atoms with Gasteiger partial charge in [-0.05, 0) is 37.0 Å². The highest BCUT2D eigenvalue weighted by Gasteiger charge is 2.42. The van der Waals surface area contributed by atoms with Gasteiger partial charge in [0.05, 0.1) is 6.67 Å². The quantitative estimate of drug-likeness (QED) is 0.607. The number of hydrogen-bond acceptors (Lipinski definition) is 1. The molecule has 0 N–H and O–H groups in total. The lowest BCUT2D eigenvalue weighted by Gasteiger charge is -2.11. The molecule has 1 aliphatic carbocycles. The highest BCUT2D eigenvalue weighted by Crippen LogP contribution is 2.50. The summed E-state index contributed by atoms with van der Waals surface area (Å²) in [5, 5.41) is 0. The van der Waals surface area contributed by atoms with E-state index in [4.69, 9.17) is 4.74 Å². The van der Waals surface area contributed by atoms with Gasteiger partial charge in [0, 0.05) is 13.7 Å². The molecule has 1 saturated carbocycles. The van der Waals surface area contributed by atoms with Crippen molar-refractivity contribution in [3.05, 3.63) is 0 Å². The van der Waals surface area contributed by atoms with Crippen LogP contribution in [-0.2, 0) is 4.74 Å². The summed E-state index contributed by atoms with van der Waals surface area (Å²) in [7, 11) is 1.73. The van der Waals surface area contributed by atoms with E-state index in [0.717, 1.165) is 25.9 Å². The molecule has 0 bridgehead atoms. The molecule has 92 valence electrons. The molecule has 0 atom stereocenters. The van der Waals surface area contributed by atoms with Crippen molar-refractivity contribution in [1.82, 2.24) is 0 Å². The van der Waals surface area contributed by atoms with Crippen molar-refractivity contribution in [2.24, 2.45) is 11.3 Å². The lowest BCUT2D eigenvalue weighted by molar-refractivity contribution is 0.194. The highest BCUT2D eigenvalue weighted by atomic mass is 19.1. The Hall–Kier alpha value is -0.110. The molecular formula is C13H27FO. The summed E-state index contributed by atoms with van der Waals surface area (Å²) in [6.07, 6.45) is 5.76. The molecule has 0 saturated heterocycles. The van der Waals surface area contributed by atoms with E-state index >= 15 is 0 Å². The Morgan fingerprint density at radius 1 is 1.33 bits per heavy atom. The Balaban J connectivity index is 0.000000288. The Bertz CT molecular complexity index is 137. The van der Waals surface area contributed by atoms with Crippen LogP contribution in [0.2, 0.25) is 0 Å². The van der Waals surface area contributed by atoms with Crippen molar-refractivity contribution >= 4 is 0 Å². The average molecular weight is 218 g/mol. The maximum atomic E-state index is 12.2. The maximum Gasteiger partial charge on any atom is 0.0950 e. The van der Waals surface area contributed by atoms with Gasteiger partial charge >= 0.3 is 0 Å². The fourth-order valence-corrected chi connectivity index (χ4v) is 1.72. The van der Waals surface area contributed by atoms with Gasteiger partial charge in [-0.3, -0.25) is 4.39 Å². The van der Waals surface area contributed by atoms with Crippen LogP contribution >= 0.6 is 0 Å². The van der Waals surface area contributed by atoms with Gasteiger partial charge < -0.3 is 4.74 Å². The van der Waals surface area contributed by atoms with Crippen molar-refractivity contribution in [3.8, 4) is 0 Å². The first kappa shape index (κ1) is 14.9. The van der Waals surface area contributed by atoms with Gasteiger partial charge in [-0.15, -0.1) is 0 Å². The van der Waals surface area contributed by atoms with Crippen LogP contribution in [0.3, 0.4) is 0 Å². The Kier molecular flexibility index (Phi) is 8.03. The molecule has 15 heavy (non-hydrogen) atoms. The zero-order chi connectivity index (χ0) is 11.7. The van der Waals surface area contributed by atoms with E-state index in [9.17, 15) is 4.39 Å². The van der Waals surface area contributed by atoms with E-state index in [2.05, 4.69) is 20.8 Å². The highest BCUT2D eigenvalue weighted by molar-refractivity contribution is 4.92. The predicted molar refractivity (Wildman–Crippen MR) is 63.9 cm³/mol. The molecule has 2 heteroatoms. The zero-order valence-electron chi connectivity index (χ0n) is 10.8. The van der Waals surface area contributed by atoms with Gasteiger partial charge in [0.1, 0.15) is 0 Å². The Morgan fingerprint density at radius 3 is 2.07 bits per heavy atom. The molecule has 0 unspecified atom stereocenters. The first-order chi connectivity index (χ1) is 7.10. The summed E-state index contributed by atoms with van der Waals surface area (Å²) in [4.78, 5) is 0. The average Bonchev–Trinajstić information content (AvgIpc) is 2.95. The summed E-state index contributed by atoms with van der Waals surface area (Å²) in [5.74, 6) is 0.670. The molecule has 0 radical (unpaired) electrons. The molecular weight excluding hydrogens is 191 g/mol. The van der Waals surface area contributed by atoms with Crippen LogP contribution in [0.5, 0.6) is 0 Å². The zero-order valence-corrected chi connectivity index (χ0v) is 10.8. The van der Waals surface area contributed by atoms with Crippen LogP contribution in [0, 0.1) is 11.3 Å². The molecule has 0 heterocycles. The van der Waals surface area contributed by atoms with Gasteiger partial charge in [0.15, 0.2) is 0 Å². The molecule has 1 aliphatic rings. The van der Waals surface area contributed by atoms with Crippen LogP contribution in [-0.4, -0.2) is 20.4 Å². The molecule has 0 aromatic heterocycles. The topological polar surface area (TPSA) is 9.23 Å². The summed E-state index contributed by atoms with van der Waals surface area (Å²) >= 11 is 0. The third kappa shape index (κ3) is 7.78. The number of alkyl halides is 1. The first-order valence-corrected chi connectivity index (χ1v) is 6.15. The van der Waals surface area contributed by atoms with Crippen LogP contribution in [0.15, 0.2) is 0 Å². The molecule has 1 nitrogen and oxygen atoms in total. The number of rotatable bonds is 6. The lowest BCUT2D eigenvalue weighted by Crippen LogP contribution is -2.06. The third-order valence-electron chi connectivity index (χ3n) is 2.78. The van der Waals surface area contributed by atoms with E-state index in [-0.39, 0.29) is 12.1 Å². The Morgan fingerprint density at radius 2 is 1.93 bits per heavy atom. The smallest absolute Gasteiger partial charge is 0.0950 e. The van der Waals surface area contributed by atoms with Crippen LogP contribution in [0.4, 0.5) is 4.39 Å². The second kappa shape index (κ2) is 8.09. The lowest BCUT2D eigenvalue weighted by atomic mass is 9.96. The van der Waals surface area contributed by atoms with Crippen molar-refractivity contribution in [2.45, 2.75) is 52.9 Å². The minimum absolute atomic E-state index is 0.0921. The van der Waals surface area contributed by atoms with Crippen molar-refractivity contribution in [1.29, 1.82) is 0 Å². The van der Waals surface area contributed by atoms with Gasteiger partial charge in [0.2, 0.25) is 0 Å². The van der Waals surface area contributed by atoms with Crippen molar-refractivity contribution in [2.75, 3.05) is 20.4 Å². The fourth-order valence-electron chi connectivity index (χ4n) is 1.72. The van der Waals surface area contributed by atoms with Crippen LogP contribution < -0.4 is 0 Å². The van der Waals surface area contributed by atoms with Gasteiger partial charge in [0.25, 0.3) is 0 Å². The number of ether oxygens (including phenoxy) is 1. The van der Waals surface area contributed by atoms with Crippen LogP contribution in [0.25, 0.3) is 0 Å².